The van der Waals surface area contributed by atoms with E-state index in [0.717, 1.165) is 40.0 Å². The zero-order valence-electron chi connectivity index (χ0n) is 15.2. The van der Waals surface area contributed by atoms with Crippen molar-refractivity contribution in [2.75, 3.05) is 13.2 Å². The zero-order valence-corrected chi connectivity index (χ0v) is 16.0. The van der Waals surface area contributed by atoms with Gasteiger partial charge in [0, 0.05) is 29.7 Å². The molecule has 0 saturated heterocycles. The number of nitrogens with one attached hydrogen (secondary N) is 2. The highest BCUT2D eigenvalue weighted by Gasteiger charge is 2.31. The van der Waals surface area contributed by atoms with Crippen LogP contribution >= 0.6 is 12.4 Å². The lowest BCUT2D eigenvalue weighted by Gasteiger charge is -2.22. The molecule has 0 saturated carbocycles. The molecule has 0 unspecified atom stereocenters. The normalized spacial score (nSPS) is 15.7. The Morgan fingerprint density at radius 2 is 2.00 bits per heavy atom. The summed E-state index contributed by atoms with van der Waals surface area (Å²) >= 11 is 0. The van der Waals surface area contributed by atoms with E-state index in [-0.39, 0.29) is 24.3 Å². The minimum Gasteiger partial charge on any atom is -0.489 e. The van der Waals surface area contributed by atoms with Gasteiger partial charge < -0.3 is 19.8 Å². The van der Waals surface area contributed by atoms with Crippen molar-refractivity contribution in [2.24, 2.45) is 0 Å². The van der Waals surface area contributed by atoms with Crippen LogP contribution in [0.25, 0.3) is 10.9 Å². The van der Waals surface area contributed by atoms with Gasteiger partial charge in [-0.3, -0.25) is 4.79 Å². The molecule has 1 atom stereocenters. The molecule has 4 rings (SSSR count). The van der Waals surface area contributed by atoms with Crippen molar-refractivity contribution in [2.45, 2.75) is 26.0 Å². The van der Waals surface area contributed by atoms with Gasteiger partial charge in [-0.15, -0.1) is 12.4 Å². The molecule has 1 aromatic heterocycles. The molecular weight excluding hydrogens is 364 g/mol. The third kappa shape index (κ3) is 3.94. The Bertz CT molecular complexity index is 924. The maximum atomic E-state index is 12.4. The molecule has 2 heterocycles. The maximum absolute atomic E-state index is 12.4. The van der Waals surface area contributed by atoms with Crippen LogP contribution < -0.4 is 10.1 Å². The van der Waals surface area contributed by atoms with Gasteiger partial charge >= 0.3 is 5.97 Å². The van der Waals surface area contributed by atoms with Crippen LogP contribution in [0.2, 0.25) is 0 Å². The lowest BCUT2D eigenvalue weighted by atomic mass is 9.93. The maximum Gasteiger partial charge on any atom is 0.314 e. The number of H-pyrrole nitrogens is 1. The third-order valence-corrected chi connectivity index (χ3v) is 4.71. The first-order valence-corrected chi connectivity index (χ1v) is 8.95. The molecular formula is C21H23ClN2O3. The Morgan fingerprint density at radius 1 is 1.19 bits per heavy atom. The van der Waals surface area contributed by atoms with Gasteiger partial charge in [-0.2, -0.15) is 0 Å². The number of halogens is 1. The number of aromatic amines is 1. The molecule has 2 aromatic carbocycles. The van der Waals surface area contributed by atoms with E-state index in [0.29, 0.717) is 19.8 Å². The number of fused-ring (bicyclic) bond motifs is 3. The second-order valence-corrected chi connectivity index (χ2v) is 6.43. The Balaban J connectivity index is 0.00000210. The van der Waals surface area contributed by atoms with Crippen LogP contribution in [0.1, 0.15) is 29.7 Å². The molecule has 3 aromatic rings. The molecule has 5 nitrogen and oxygen atoms in total. The molecule has 0 spiro atoms. The van der Waals surface area contributed by atoms with Crippen molar-refractivity contribution in [1.29, 1.82) is 0 Å². The lowest BCUT2D eigenvalue weighted by molar-refractivity contribution is -0.145. The molecule has 6 heteroatoms. The number of carbonyl (C=O) groups excluding carboxylic acids is 1. The van der Waals surface area contributed by atoms with E-state index in [9.17, 15) is 4.79 Å². The van der Waals surface area contributed by atoms with Crippen molar-refractivity contribution in [1.82, 2.24) is 10.3 Å². The Labute approximate surface area is 164 Å². The number of aromatic nitrogens is 1. The van der Waals surface area contributed by atoms with E-state index >= 15 is 0 Å². The topological polar surface area (TPSA) is 63.3 Å². The van der Waals surface area contributed by atoms with E-state index in [1.807, 2.05) is 55.5 Å². The van der Waals surface area contributed by atoms with Gasteiger partial charge in [0.25, 0.3) is 0 Å². The summed E-state index contributed by atoms with van der Waals surface area (Å²) in [6.07, 6.45) is 0. The average Bonchev–Trinajstić information content (AvgIpc) is 3.05. The first-order valence-electron chi connectivity index (χ1n) is 8.95. The minimum absolute atomic E-state index is 0. The van der Waals surface area contributed by atoms with Crippen LogP contribution in [0.3, 0.4) is 0 Å². The monoisotopic (exact) mass is 386 g/mol. The summed E-state index contributed by atoms with van der Waals surface area (Å²) in [5.41, 5.74) is 4.21. The predicted molar refractivity (Wildman–Crippen MR) is 107 cm³/mol. The highest BCUT2D eigenvalue weighted by atomic mass is 35.5. The lowest BCUT2D eigenvalue weighted by Crippen LogP contribution is -2.33. The highest BCUT2D eigenvalue weighted by Crippen LogP contribution is 2.34. The van der Waals surface area contributed by atoms with Crippen molar-refractivity contribution in [3.63, 3.8) is 0 Å². The van der Waals surface area contributed by atoms with Crippen LogP contribution in [0.4, 0.5) is 0 Å². The molecule has 27 heavy (non-hydrogen) atoms. The third-order valence-electron chi connectivity index (χ3n) is 4.71. The fourth-order valence-corrected chi connectivity index (χ4v) is 3.50. The number of rotatable bonds is 5. The predicted octanol–water partition coefficient (Wildman–Crippen LogP) is 3.92. The summed E-state index contributed by atoms with van der Waals surface area (Å²) in [4.78, 5) is 15.8. The molecule has 2 N–H and O–H groups in total. The molecule has 1 aliphatic rings. The number of benzene rings is 2. The van der Waals surface area contributed by atoms with Crippen molar-refractivity contribution >= 4 is 29.3 Å². The smallest absolute Gasteiger partial charge is 0.314 e. The summed E-state index contributed by atoms with van der Waals surface area (Å²) < 4.78 is 11.2. The van der Waals surface area contributed by atoms with Gasteiger partial charge in [-0.25, -0.2) is 0 Å². The van der Waals surface area contributed by atoms with Gasteiger partial charge in [0.15, 0.2) is 0 Å². The molecule has 1 aliphatic heterocycles. The summed E-state index contributed by atoms with van der Waals surface area (Å²) in [5.74, 6) is 0.318. The quantitative estimate of drug-likeness (QED) is 0.652. The van der Waals surface area contributed by atoms with Gasteiger partial charge in [-0.1, -0.05) is 30.3 Å². The Hall–Kier alpha value is -2.50. The SMILES string of the molecule is CCOC(=O)[C@H]1CNCc2[nH]c3ccc(OCc4ccccc4)cc3c21.Cl. The summed E-state index contributed by atoms with van der Waals surface area (Å²) in [6, 6.07) is 16.1. The largest absolute Gasteiger partial charge is 0.489 e. The number of hydrogen-bond acceptors (Lipinski definition) is 4. The molecule has 0 radical (unpaired) electrons. The molecule has 0 aliphatic carbocycles. The molecule has 0 bridgehead atoms. The summed E-state index contributed by atoms with van der Waals surface area (Å²) in [6.45, 7) is 4.05. The van der Waals surface area contributed by atoms with Crippen LogP contribution in [0, 0.1) is 0 Å². The minimum atomic E-state index is -0.295. The second kappa shape index (κ2) is 8.46. The van der Waals surface area contributed by atoms with Gasteiger partial charge in [0.05, 0.1) is 12.5 Å². The van der Waals surface area contributed by atoms with E-state index in [2.05, 4.69) is 10.3 Å². The number of hydrogen-bond donors (Lipinski definition) is 2. The Kier molecular flexibility index (Phi) is 6.04. The van der Waals surface area contributed by atoms with Crippen molar-refractivity contribution in [3.05, 3.63) is 65.4 Å². The van der Waals surface area contributed by atoms with Crippen LogP contribution in [0.15, 0.2) is 48.5 Å². The van der Waals surface area contributed by atoms with Gasteiger partial charge in [0.2, 0.25) is 0 Å². The zero-order chi connectivity index (χ0) is 17.9. The molecule has 0 fully saturated rings. The van der Waals surface area contributed by atoms with E-state index in [4.69, 9.17) is 9.47 Å². The van der Waals surface area contributed by atoms with Gasteiger partial charge in [0.1, 0.15) is 12.4 Å². The van der Waals surface area contributed by atoms with Crippen LogP contribution in [-0.2, 0) is 22.7 Å². The standard InChI is InChI=1S/C21H22N2O3.ClH/c1-2-25-21(24)17-11-22-12-19-20(17)16-10-15(8-9-18(16)23-19)26-13-14-6-4-3-5-7-14;/h3-10,17,22-23H,2,11-13H2,1H3;1H/t17-;/m0./s1. The fourth-order valence-electron chi connectivity index (χ4n) is 3.50. The summed E-state index contributed by atoms with van der Waals surface area (Å²) in [5, 5.41) is 4.32. The summed E-state index contributed by atoms with van der Waals surface area (Å²) in [7, 11) is 0. The first-order chi connectivity index (χ1) is 12.8. The van der Waals surface area contributed by atoms with Crippen LogP contribution in [-0.4, -0.2) is 24.1 Å². The Morgan fingerprint density at radius 3 is 2.78 bits per heavy atom. The van der Waals surface area contributed by atoms with Crippen molar-refractivity contribution in [3.8, 4) is 5.75 Å². The molecule has 142 valence electrons. The van der Waals surface area contributed by atoms with Crippen molar-refractivity contribution < 1.29 is 14.3 Å². The van der Waals surface area contributed by atoms with E-state index < -0.39 is 0 Å². The van der Waals surface area contributed by atoms with Gasteiger partial charge in [-0.05, 0) is 36.2 Å². The number of carbonyl (C=O) groups is 1. The number of ether oxygens (including phenoxy) is 2. The second-order valence-electron chi connectivity index (χ2n) is 6.43. The van der Waals surface area contributed by atoms with Crippen LogP contribution in [0.5, 0.6) is 5.75 Å². The fraction of sp³-hybridized carbons (Fsp3) is 0.286. The average molecular weight is 387 g/mol. The molecule has 0 amide bonds. The number of esters is 1. The van der Waals surface area contributed by atoms with E-state index in [1.54, 1.807) is 0 Å². The van der Waals surface area contributed by atoms with E-state index in [1.165, 1.54) is 0 Å². The highest BCUT2D eigenvalue weighted by molar-refractivity contribution is 5.92. The first kappa shape index (κ1) is 19.3.